The van der Waals surface area contributed by atoms with E-state index in [4.69, 9.17) is 9.47 Å². The molecule has 2 aliphatic rings. The predicted octanol–water partition coefficient (Wildman–Crippen LogP) is 4.30. The summed E-state index contributed by atoms with van der Waals surface area (Å²) in [4.78, 5) is 26.6. The van der Waals surface area contributed by atoms with Gasteiger partial charge in [-0.2, -0.15) is 0 Å². The molecule has 35 heavy (non-hydrogen) atoms. The van der Waals surface area contributed by atoms with Crippen LogP contribution in [0.15, 0.2) is 78.9 Å². The Morgan fingerprint density at radius 3 is 2.20 bits per heavy atom. The number of amides is 2. The molecule has 7 nitrogen and oxygen atoms in total. The summed E-state index contributed by atoms with van der Waals surface area (Å²) in [6.07, 6.45) is -1.35. The molecule has 180 valence electrons. The number of aliphatic hydroxyl groups excluding tert-OH is 1. The van der Waals surface area contributed by atoms with Gasteiger partial charge in [-0.15, -0.1) is 0 Å². The number of β-amino-alcohol motifs (C(OH)–C–C–N with tert-alkyl or cyclic N) is 1. The van der Waals surface area contributed by atoms with Crippen molar-refractivity contribution in [1.29, 1.82) is 0 Å². The first-order chi connectivity index (χ1) is 17.1. The third-order valence-electron chi connectivity index (χ3n) is 6.66. The van der Waals surface area contributed by atoms with Gasteiger partial charge in [-0.05, 0) is 34.2 Å². The van der Waals surface area contributed by atoms with Crippen molar-refractivity contribution in [2.75, 3.05) is 19.7 Å². The summed E-state index contributed by atoms with van der Waals surface area (Å²) in [7, 11) is 0. The van der Waals surface area contributed by atoms with E-state index < -0.39 is 18.3 Å². The Labute approximate surface area is 204 Å². The first-order valence-corrected chi connectivity index (χ1v) is 11.8. The van der Waals surface area contributed by atoms with E-state index in [1.54, 1.807) is 0 Å². The van der Waals surface area contributed by atoms with Crippen LogP contribution in [0.2, 0.25) is 0 Å². The zero-order chi connectivity index (χ0) is 24.2. The van der Waals surface area contributed by atoms with E-state index in [2.05, 4.69) is 29.6 Å². The molecule has 0 saturated carbocycles. The largest absolute Gasteiger partial charge is 0.449 e. The molecule has 2 N–H and O–H groups in total. The number of fused-ring (bicyclic) bond motifs is 3. The Morgan fingerprint density at radius 1 is 0.886 bits per heavy atom. The third kappa shape index (κ3) is 5.00. The number of ether oxygens (including phenoxy) is 2. The topological polar surface area (TPSA) is 88.1 Å². The number of hydrogen-bond acceptors (Lipinski definition) is 5. The minimum Gasteiger partial charge on any atom is -0.449 e. The number of nitrogens with one attached hydrogen (secondary N) is 1. The Bertz CT molecular complexity index is 1150. The summed E-state index contributed by atoms with van der Waals surface area (Å²) in [5, 5.41) is 12.9. The number of aliphatic hydroxyl groups is 1. The zero-order valence-electron chi connectivity index (χ0n) is 19.3. The molecular formula is C28H28N2O5. The average molecular weight is 473 g/mol. The third-order valence-corrected chi connectivity index (χ3v) is 6.66. The SMILES string of the molecule is O=C(NC[C@@H]1C[C@H](O)CN1C(=O)OCc1ccccc1)OCC1c2ccccc2-c2ccccc21. The van der Waals surface area contributed by atoms with Crippen LogP contribution in [0.3, 0.4) is 0 Å². The molecule has 3 aromatic rings. The highest BCUT2D eigenvalue weighted by molar-refractivity contribution is 5.79. The minimum absolute atomic E-state index is 0.0223. The van der Waals surface area contributed by atoms with Crippen LogP contribution in [0.1, 0.15) is 29.0 Å². The number of benzene rings is 3. The fraction of sp³-hybridized carbons (Fsp3) is 0.286. The molecule has 0 radical (unpaired) electrons. The molecule has 5 rings (SSSR count). The number of likely N-dealkylation sites (tertiary alicyclic amines) is 1. The summed E-state index contributed by atoms with van der Waals surface area (Å²) in [5.74, 6) is -0.0223. The van der Waals surface area contributed by atoms with Gasteiger partial charge in [-0.3, -0.25) is 0 Å². The predicted molar refractivity (Wildman–Crippen MR) is 131 cm³/mol. The van der Waals surface area contributed by atoms with E-state index in [9.17, 15) is 14.7 Å². The van der Waals surface area contributed by atoms with Crippen LogP contribution in [0.4, 0.5) is 9.59 Å². The van der Waals surface area contributed by atoms with Crippen molar-refractivity contribution in [3.05, 3.63) is 95.6 Å². The molecule has 1 aliphatic carbocycles. The van der Waals surface area contributed by atoms with Gasteiger partial charge in [0, 0.05) is 12.5 Å². The van der Waals surface area contributed by atoms with Crippen molar-refractivity contribution in [1.82, 2.24) is 10.2 Å². The van der Waals surface area contributed by atoms with E-state index in [-0.39, 0.29) is 38.3 Å². The van der Waals surface area contributed by atoms with Crippen LogP contribution in [0.5, 0.6) is 0 Å². The van der Waals surface area contributed by atoms with E-state index in [1.807, 2.05) is 54.6 Å². The van der Waals surface area contributed by atoms with Gasteiger partial charge in [-0.25, -0.2) is 9.59 Å². The maximum absolute atomic E-state index is 12.6. The smallest absolute Gasteiger partial charge is 0.410 e. The first kappa shape index (κ1) is 22.9. The van der Waals surface area contributed by atoms with Crippen LogP contribution in [0, 0.1) is 0 Å². The molecule has 1 saturated heterocycles. The van der Waals surface area contributed by atoms with Gasteiger partial charge in [0.25, 0.3) is 0 Å². The summed E-state index contributed by atoms with van der Waals surface area (Å²) in [5.41, 5.74) is 5.51. The molecule has 1 fully saturated rings. The molecule has 3 aromatic carbocycles. The van der Waals surface area contributed by atoms with Gasteiger partial charge in [0.05, 0.1) is 18.7 Å². The van der Waals surface area contributed by atoms with E-state index in [1.165, 1.54) is 16.0 Å². The van der Waals surface area contributed by atoms with E-state index >= 15 is 0 Å². The van der Waals surface area contributed by atoms with Crippen molar-refractivity contribution >= 4 is 12.2 Å². The fourth-order valence-corrected chi connectivity index (χ4v) is 4.96. The van der Waals surface area contributed by atoms with Crippen molar-refractivity contribution in [3.8, 4) is 11.1 Å². The highest BCUT2D eigenvalue weighted by Gasteiger charge is 2.36. The summed E-state index contributed by atoms with van der Waals surface area (Å²) < 4.78 is 11.0. The highest BCUT2D eigenvalue weighted by atomic mass is 16.6. The van der Waals surface area contributed by atoms with Gasteiger partial charge in [0.2, 0.25) is 0 Å². The van der Waals surface area contributed by atoms with E-state index in [0.29, 0.717) is 6.42 Å². The second-order valence-corrected chi connectivity index (χ2v) is 8.94. The Hall–Kier alpha value is -3.84. The second kappa shape index (κ2) is 10.2. The lowest BCUT2D eigenvalue weighted by Gasteiger charge is -2.24. The van der Waals surface area contributed by atoms with Crippen LogP contribution in [0.25, 0.3) is 11.1 Å². The summed E-state index contributed by atoms with van der Waals surface area (Å²) in [6.45, 7) is 0.716. The molecular weight excluding hydrogens is 444 g/mol. The quantitative estimate of drug-likeness (QED) is 0.559. The van der Waals surface area contributed by atoms with Gasteiger partial charge < -0.3 is 24.8 Å². The maximum atomic E-state index is 12.6. The molecule has 1 heterocycles. The minimum atomic E-state index is -0.659. The molecule has 0 bridgehead atoms. The van der Waals surface area contributed by atoms with Crippen LogP contribution < -0.4 is 5.32 Å². The molecule has 0 aromatic heterocycles. The number of nitrogens with zero attached hydrogens (tertiary/aromatic N) is 1. The number of carbonyl (C=O) groups is 2. The van der Waals surface area contributed by atoms with Crippen molar-refractivity contribution in [3.63, 3.8) is 0 Å². The average Bonchev–Trinajstić information content (AvgIpc) is 3.43. The lowest BCUT2D eigenvalue weighted by molar-refractivity contribution is 0.0865. The molecule has 7 heteroatoms. The highest BCUT2D eigenvalue weighted by Crippen LogP contribution is 2.44. The molecule has 2 atom stereocenters. The Balaban J connectivity index is 1.15. The lowest BCUT2D eigenvalue weighted by Crippen LogP contribution is -2.43. The van der Waals surface area contributed by atoms with Gasteiger partial charge in [0.15, 0.2) is 0 Å². The van der Waals surface area contributed by atoms with Crippen LogP contribution in [-0.2, 0) is 16.1 Å². The zero-order valence-corrected chi connectivity index (χ0v) is 19.3. The molecule has 0 unspecified atom stereocenters. The van der Waals surface area contributed by atoms with E-state index in [0.717, 1.165) is 16.7 Å². The van der Waals surface area contributed by atoms with Crippen molar-refractivity contribution in [2.24, 2.45) is 0 Å². The standard InChI is InChI=1S/C28H28N2O5/c31-21-14-20(30(16-21)28(33)35-17-19-8-2-1-3-9-19)15-29-27(32)34-18-26-24-12-6-4-10-22(24)23-11-5-7-13-25(23)26/h1-13,20-21,26,31H,14-18H2,(H,29,32)/t20-,21-/m0/s1. The molecule has 1 aliphatic heterocycles. The monoisotopic (exact) mass is 472 g/mol. The van der Waals surface area contributed by atoms with Gasteiger partial charge in [-0.1, -0.05) is 78.9 Å². The van der Waals surface area contributed by atoms with Gasteiger partial charge >= 0.3 is 12.2 Å². The van der Waals surface area contributed by atoms with Crippen LogP contribution >= 0.6 is 0 Å². The summed E-state index contributed by atoms with van der Waals surface area (Å²) >= 11 is 0. The summed E-state index contributed by atoms with van der Waals surface area (Å²) in [6, 6.07) is 25.4. The van der Waals surface area contributed by atoms with Crippen LogP contribution in [-0.4, -0.2) is 54.0 Å². The Kier molecular flexibility index (Phi) is 6.68. The van der Waals surface area contributed by atoms with Gasteiger partial charge in [0.1, 0.15) is 13.2 Å². The van der Waals surface area contributed by atoms with Crippen molar-refractivity contribution < 1.29 is 24.2 Å². The van der Waals surface area contributed by atoms with Crippen molar-refractivity contribution in [2.45, 2.75) is 31.1 Å². The number of hydrogen-bond donors (Lipinski definition) is 2. The lowest BCUT2D eigenvalue weighted by atomic mass is 9.98. The molecule has 2 amide bonds. The maximum Gasteiger partial charge on any atom is 0.410 e. The fourth-order valence-electron chi connectivity index (χ4n) is 4.96. The number of rotatable bonds is 6. The second-order valence-electron chi connectivity index (χ2n) is 8.94. The first-order valence-electron chi connectivity index (χ1n) is 11.8. The number of alkyl carbamates (subject to hydrolysis) is 1. The molecule has 0 spiro atoms. The Morgan fingerprint density at radius 2 is 1.51 bits per heavy atom. The number of carbonyl (C=O) groups excluding carboxylic acids is 2. The normalized spacial score (nSPS) is 18.6.